The van der Waals surface area contributed by atoms with Crippen molar-refractivity contribution in [3.8, 4) is 0 Å². The molecule has 1 atom stereocenters. The zero-order valence-electron chi connectivity index (χ0n) is 18.0. The number of ether oxygens (including phenoxy) is 1. The number of amides is 2. The Hall–Kier alpha value is -1.98. The summed E-state index contributed by atoms with van der Waals surface area (Å²) in [4.78, 5) is 11.8. The molecule has 1 unspecified atom stereocenters. The highest BCUT2D eigenvalue weighted by Crippen LogP contribution is 2.27. The van der Waals surface area contributed by atoms with Crippen molar-refractivity contribution >= 4 is 11.7 Å². The van der Waals surface area contributed by atoms with Crippen molar-refractivity contribution in [2.24, 2.45) is 0 Å². The molecule has 1 aromatic carbocycles. The van der Waals surface area contributed by atoms with Crippen LogP contribution in [0.4, 0.5) is 32.4 Å². The van der Waals surface area contributed by atoms with Gasteiger partial charge in [-0.3, -0.25) is 0 Å². The lowest BCUT2D eigenvalue weighted by Gasteiger charge is -2.19. The number of hydrogen-bond donors (Lipinski definition) is 4. The molecule has 0 aliphatic carbocycles. The molecule has 1 aromatic rings. The lowest BCUT2D eigenvalue weighted by Crippen LogP contribution is -2.31. The molecule has 0 aromatic heterocycles. The molecule has 0 saturated heterocycles. The minimum atomic E-state index is -2.32. The molecule has 0 radical (unpaired) electrons. The number of aliphatic hydroxyl groups is 2. The van der Waals surface area contributed by atoms with Crippen LogP contribution in [0, 0.1) is 29.1 Å². The molecule has 6 nitrogen and oxygen atoms in total. The van der Waals surface area contributed by atoms with Gasteiger partial charge in [-0.15, -0.1) is 0 Å². The standard InChI is InChI=1S/C21H31F5N2O4/c1-2-3-4-5-6-7-8-10-13(32-21(30)31)11-9-12-27-20(29)28-19-17(25)15(23)14(22)16(24)18(19)26/h13,21,30-31H,2-12H2,1H3,(H2,27,28,29). The van der Waals surface area contributed by atoms with Crippen LogP contribution in [0.2, 0.25) is 0 Å². The maximum absolute atomic E-state index is 13.6. The van der Waals surface area contributed by atoms with E-state index in [9.17, 15) is 26.7 Å². The molecular weight excluding hydrogens is 439 g/mol. The first-order valence-electron chi connectivity index (χ1n) is 10.8. The van der Waals surface area contributed by atoms with E-state index < -0.39 is 53.4 Å². The van der Waals surface area contributed by atoms with Gasteiger partial charge in [0.05, 0.1) is 6.10 Å². The number of urea groups is 1. The number of hydrogen-bond acceptors (Lipinski definition) is 4. The maximum Gasteiger partial charge on any atom is 0.319 e. The van der Waals surface area contributed by atoms with Gasteiger partial charge >= 0.3 is 6.03 Å². The van der Waals surface area contributed by atoms with Crippen LogP contribution in [0.5, 0.6) is 0 Å². The van der Waals surface area contributed by atoms with Crippen LogP contribution in [0.25, 0.3) is 0 Å². The highest BCUT2D eigenvalue weighted by Gasteiger charge is 2.26. The van der Waals surface area contributed by atoms with Crippen LogP contribution in [-0.4, -0.2) is 35.4 Å². The van der Waals surface area contributed by atoms with E-state index >= 15 is 0 Å². The van der Waals surface area contributed by atoms with Crippen molar-refractivity contribution in [2.75, 3.05) is 11.9 Å². The van der Waals surface area contributed by atoms with Crippen LogP contribution < -0.4 is 10.6 Å². The Bertz CT molecular complexity index is 693. The van der Waals surface area contributed by atoms with E-state index in [0.717, 1.165) is 32.1 Å². The van der Waals surface area contributed by atoms with Crippen molar-refractivity contribution in [1.82, 2.24) is 5.32 Å². The second-order valence-electron chi connectivity index (χ2n) is 7.46. The van der Waals surface area contributed by atoms with E-state index in [0.29, 0.717) is 19.3 Å². The molecule has 0 bridgehead atoms. The third-order valence-corrected chi connectivity index (χ3v) is 4.88. The molecule has 11 heteroatoms. The quantitative estimate of drug-likeness (QED) is 0.0946. The largest absolute Gasteiger partial charge is 0.346 e. The lowest BCUT2D eigenvalue weighted by atomic mass is 10.0. The Balaban J connectivity index is 2.41. The molecule has 184 valence electrons. The van der Waals surface area contributed by atoms with Crippen molar-refractivity contribution < 1.29 is 41.7 Å². The smallest absolute Gasteiger partial charge is 0.319 e. The molecule has 0 saturated carbocycles. The number of rotatable bonds is 15. The lowest BCUT2D eigenvalue weighted by molar-refractivity contribution is -0.257. The van der Waals surface area contributed by atoms with Crippen molar-refractivity contribution in [3.63, 3.8) is 0 Å². The third-order valence-electron chi connectivity index (χ3n) is 4.88. The number of carbonyl (C=O) groups is 1. The zero-order valence-corrected chi connectivity index (χ0v) is 18.0. The molecule has 32 heavy (non-hydrogen) atoms. The van der Waals surface area contributed by atoms with E-state index in [-0.39, 0.29) is 6.54 Å². The van der Waals surface area contributed by atoms with Crippen molar-refractivity contribution in [2.45, 2.75) is 83.7 Å². The van der Waals surface area contributed by atoms with Crippen LogP contribution in [-0.2, 0) is 4.74 Å². The Morgan fingerprint density at radius 1 is 0.812 bits per heavy atom. The number of carbonyl (C=O) groups excluding carboxylic acids is 1. The van der Waals surface area contributed by atoms with E-state index in [1.165, 1.54) is 12.8 Å². The number of benzene rings is 1. The van der Waals surface area contributed by atoms with Crippen LogP contribution in [0.15, 0.2) is 0 Å². The van der Waals surface area contributed by atoms with Crippen LogP contribution >= 0.6 is 0 Å². The van der Waals surface area contributed by atoms with Gasteiger partial charge in [-0.1, -0.05) is 51.9 Å². The van der Waals surface area contributed by atoms with E-state index in [1.54, 1.807) is 5.32 Å². The predicted molar refractivity (Wildman–Crippen MR) is 108 cm³/mol. The van der Waals surface area contributed by atoms with Gasteiger partial charge in [0.15, 0.2) is 23.3 Å². The molecule has 0 aliphatic rings. The third kappa shape index (κ3) is 9.66. The summed E-state index contributed by atoms with van der Waals surface area (Å²) in [6.45, 7) is 0.203. The van der Waals surface area contributed by atoms with Gasteiger partial charge < -0.3 is 25.6 Å². The van der Waals surface area contributed by atoms with Gasteiger partial charge in [0.2, 0.25) is 5.82 Å². The highest BCUT2D eigenvalue weighted by atomic mass is 19.2. The molecule has 2 amide bonds. The summed E-state index contributed by atoms with van der Waals surface area (Å²) >= 11 is 0. The number of halogens is 5. The van der Waals surface area contributed by atoms with Crippen molar-refractivity contribution in [3.05, 3.63) is 29.1 Å². The topological polar surface area (TPSA) is 90.8 Å². The van der Waals surface area contributed by atoms with Gasteiger partial charge in [-0.25, -0.2) is 26.7 Å². The fraction of sp³-hybridized carbons (Fsp3) is 0.667. The SMILES string of the molecule is CCCCCCCCCC(CCCNC(=O)Nc1c(F)c(F)c(F)c(F)c1F)OC(O)O. The maximum atomic E-state index is 13.6. The minimum absolute atomic E-state index is 0.000365. The summed E-state index contributed by atoms with van der Waals surface area (Å²) in [5.41, 5.74) is -1.44. The number of aliphatic hydroxyl groups excluding tert-OH is 1. The molecular formula is C21H31F5N2O4. The summed E-state index contributed by atoms with van der Waals surface area (Å²) in [6.07, 6.45) is 8.38. The van der Waals surface area contributed by atoms with Gasteiger partial charge in [0, 0.05) is 6.54 Å². The summed E-state index contributed by atoms with van der Waals surface area (Å²) in [5, 5.41) is 21.9. The Kier molecular flexibility index (Phi) is 13.1. The monoisotopic (exact) mass is 470 g/mol. The Morgan fingerprint density at radius 2 is 1.31 bits per heavy atom. The first-order chi connectivity index (χ1) is 15.2. The Labute approximate surface area is 184 Å². The van der Waals surface area contributed by atoms with E-state index in [2.05, 4.69) is 12.2 Å². The summed E-state index contributed by atoms with van der Waals surface area (Å²) in [6, 6.07) is -1.15. The molecule has 1 rings (SSSR count). The molecule has 0 fully saturated rings. The molecule has 0 aliphatic heterocycles. The van der Waals surface area contributed by atoms with Gasteiger partial charge in [-0.2, -0.15) is 0 Å². The van der Waals surface area contributed by atoms with Crippen LogP contribution in [0.3, 0.4) is 0 Å². The van der Waals surface area contributed by atoms with E-state index in [1.807, 2.05) is 0 Å². The molecule has 0 spiro atoms. The number of unbranched alkanes of at least 4 members (excludes halogenated alkanes) is 6. The van der Waals surface area contributed by atoms with Gasteiger partial charge in [0.25, 0.3) is 6.48 Å². The summed E-state index contributed by atoms with van der Waals surface area (Å²) in [5.74, 6) is -10.9. The second kappa shape index (κ2) is 15.0. The van der Waals surface area contributed by atoms with E-state index in [4.69, 9.17) is 14.9 Å². The van der Waals surface area contributed by atoms with Gasteiger partial charge in [-0.05, 0) is 19.3 Å². The molecule has 4 N–H and O–H groups in total. The van der Waals surface area contributed by atoms with Crippen molar-refractivity contribution in [1.29, 1.82) is 0 Å². The summed E-state index contributed by atoms with van der Waals surface area (Å²) < 4.78 is 71.6. The number of anilines is 1. The fourth-order valence-corrected chi connectivity index (χ4v) is 3.19. The first kappa shape index (κ1) is 28.1. The first-order valence-corrected chi connectivity index (χ1v) is 10.8. The number of nitrogens with one attached hydrogen (secondary N) is 2. The molecule has 0 heterocycles. The zero-order chi connectivity index (χ0) is 24.1. The normalized spacial score (nSPS) is 12.3. The highest BCUT2D eigenvalue weighted by molar-refractivity contribution is 5.89. The van der Waals surface area contributed by atoms with Gasteiger partial charge in [0.1, 0.15) is 5.69 Å². The fourth-order valence-electron chi connectivity index (χ4n) is 3.19. The average Bonchev–Trinajstić information content (AvgIpc) is 2.75. The van der Waals surface area contributed by atoms with Crippen LogP contribution in [0.1, 0.15) is 71.1 Å². The summed E-state index contributed by atoms with van der Waals surface area (Å²) in [7, 11) is 0. The average molecular weight is 470 g/mol. The second-order valence-corrected chi connectivity index (χ2v) is 7.46. The Morgan fingerprint density at radius 3 is 1.88 bits per heavy atom. The predicted octanol–water partition coefficient (Wildman–Crippen LogP) is 5.08. The minimum Gasteiger partial charge on any atom is -0.346 e.